The average molecular weight is 181 g/mol. The van der Waals surface area contributed by atoms with E-state index in [0.717, 1.165) is 31.7 Å². The zero-order valence-corrected chi connectivity index (χ0v) is 7.65. The molecule has 1 fully saturated rings. The number of nitrogens with zero attached hydrogens (tertiary/aromatic N) is 1. The van der Waals surface area contributed by atoms with Crippen molar-refractivity contribution >= 4 is 0 Å². The van der Waals surface area contributed by atoms with Gasteiger partial charge in [-0.3, -0.25) is 0 Å². The Balaban J connectivity index is 1.92. The smallest absolute Gasteiger partial charge is 0.0696 e. The highest BCUT2D eigenvalue weighted by atomic mass is 16.5. The van der Waals surface area contributed by atoms with Gasteiger partial charge in [-0.1, -0.05) is 0 Å². The monoisotopic (exact) mass is 181 g/mol. The second-order valence-corrected chi connectivity index (χ2v) is 3.60. The van der Waals surface area contributed by atoms with E-state index < -0.39 is 0 Å². The number of rotatable bonds is 3. The molecule has 1 unspecified atom stereocenters. The minimum absolute atomic E-state index is 0.133. The van der Waals surface area contributed by atoms with Crippen molar-refractivity contribution in [2.24, 2.45) is 5.92 Å². The first-order valence-corrected chi connectivity index (χ1v) is 4.72. The van der Waals surface area contributed by atoms with Gasteiger partial charge in [0.15, 0.2) is 0 Å². The second-order valence-electron chi connectivity index (χ2n) is 3.60. The van der Waals surface area contributed by atoms with Gasteiger partial charge in [0.2, 0.25) is 0 Å². The van der Waals surface area contributed by atoms with E-state index in [-0.39, 0.29) is 6.61 Å². The molecule has 0 spiro atoms. The summed E-state index contributed by atoms with van der Waals surface area (Å²) in [7, 11) is 0. The minimum atomic E-state index is 0.133. The van der Waals surface area contributed by atoms with Crippen molar-refractivity contribution in [3.63, 3.8) is 0 Å². The van der Waals surface area contributed by atoms with E-state index in [1.807, 2.05) is 18.5 Å². The van der Waals surface area contributed by atoms with Gasteiger partial charge >= 0.3 is 0 Å². The van der Waals surface area contributed by atoms with E-state index in [1.54, 1.807) is 0 Å². The molecule has 0 bridgehead atoms. The minimum Gasteiger partial charge on any atom is -0.392 e. The molecule has 3 heteroatoms. The molecular formula is C10H15NO2. The lowest BCUT2D eigenvalue weighted by Crippen LogP contribution is -2.08. The van der Waals surface area contributed by atoms with Crippen LogP contribution in [-0.4, -0.2) is 22.9 Å². The van der Waals surface area contributed by atoms with E-state index in [1.165, 1.54) is 0 Å². The molecule has 0 radical (unpaired) electrons. The molecule has 1 aromatic heterocycles. The van der Waals surface area contributed by atoms with Crippen LogP contribution in [0.2, 0.25) is 0 Å². The quantitative estimate of drug-likeness (QED) is 0.755. The Morgan fingerprint density at radius 1 is 1.62 bits per heavy atom. The predicted octanol–water partition coefficient (Wildman–Crippen LogP) is 1.02. The number of ether oxygens (including phenoxy) is 1. The molecular weight excluding hydrogens is 166 g/mol. The van der Waals surface area contributed by atoms with Crippen LogP contribution in [0.25, 0.3) is 0 Å². The zero-order chi connectivity index (χ0) is 9.10. The maximum absolute atomic E-state index is 8.87. The topological polar surface area (TPSA) is 34.4 Å². The molecule has 0 saturated carbocycles. The van der Waals surface area contributed by atoms with E-state index >= 15 is 0 Å². The van der Waals surface area contributed by atoms with Gasteiger partial charge in [-0.15, -0.1) is 0 Å². The zero-order valence-electron chi connectivity index (χ0n) is 7.65. The Hall–Kier alpha value is -0.800. The van der Waals surface area contributed by atoms with Crippen LogP contribution < -0.4 is 0 Å². The molecule has 0 aliphatic carbocycles. The van der Waals surface area contributed by atoms with E-state index in [2.05, 4.69) is 4.57 Å². The molecule has 0 aromatic carbocycles. The average Bonchev–Trinajstić information content (AvgIpc) is 2.76. The molecule has 1 aliphatic rings. The molecule has 2 heterocycles. The lowest BCUT2D eigenvalue weighted by atomic mass is 10.1. The molecule has 13 heavy (non-hydrogen) atoms. The number of hydrogen-bond acceptors (Lipinski definition) is 2. The van der Waals surface area contributed by atoms with Gasteiger partial charge in [0.1, 0.15) is 0 Å². The molecule has 1 atom stereocenters. The highest BCUT2D eigenvalue weighted by Crippen LogP contribution is 2.15. The normalized spacial score (nSPS) is 22.4. The van der Waals surface area contributed by atoms with Crippen LogP contribution in [0.15, 0.2) is 18.5 Å². The van der Waals surface area contributed by atoms with Crippen LogP contribution in [0.5, 0.6) is 0 Å². The van der Waals surface area contributed by atoms with Crippen LogP contribution in [-0.2, 0) is 17.9 Å². The highest BCUT2D eigenvalue weighted by Gasteiger charge is 2.15. The molecule has 3 nitrogen and oxygen atoms in total. The van der Waals surface area contributed by atoms with Crippen molar-refractivity contribution in [2.75, 3.05) is 13.2 Å². The van der Waals surface area contributed by atoms with Gasteiger partial charge < -0.3 is 14.4 Å². The molecule has 1 N–H and O–H groups in total. The maximum Gasteiger partial charge on any atom is 0.0696 e. The van der Waals surface area contributed by atoms with Crippen molar-refractivity contribution in [2.45, 2.75) is 19.6 Å². The van der Waals surface area contributed by atoms with E-state index in [9.17, 15) is 0 Å². The van der Waals surface area contributed by atoms with Crippen LogP contribution >= 0.6 is 0 Å². The summed E-state index contributed by atoms with van der Waals surface area (Å²) in [6.07, 6.45) is 5.18. The summed E-state index contributed by atoms with van der Waals surface area (Å²) in [6.45, 7) is 2.93. The largest absolute Gasteiger partial charge is 0.392 e. The summed E-state index contributed by atoms with van der Waals surface area (Å²) in [5, 5.41) is 8.87. The van der Waals surface area contributed by atoms with Gasteiger partial charge in [0.05, 0.1) is 13.2 Å². The molecule has 0 amide bonds. The van der Waals surface area contributed by atoms with Crippen LogP contribution in [0.4, 0.5) is 0 Å². The van der Waals surface area contributed by atoms with E-state index in [0.29, 0.717) is 5.92 Å². The first-order valence-electron chi connectivity index (χ1n) is 4.72. The third-order valence-electron chi connectivity index (χ3n) is 2.49. The number of aliphatic hydroxyl groups is 1. The highest BCUT2D eigenvalue weighted by molar-refractivity contribution is 5.08. The summed E-state index contributed by atoms with van der Waals surface area (Å²) in [4.78, 5) is 0. The Morgan fingerprint density at radius 2 is 2.54 bits per heavy atom. The fraction of sp³-hybridized carbons (Fsp3) is 0.600. The lowest BCUT2D eigenvalue weighted by molar-refractivity contribution is 0.182. The van der Waals surface area contributed by atoms with Crippen molar-refractivity contribution in [3.05, 3.63) is 24.0 Å². The summed E-state index contributed by atoms with van der Waals surface area (Å²) in [6, 6.07) is 1.95. The molecule has 72 valence electrons. The maximum atomic E-state index is 8.87. The molecule has 2 rings (SSSR count). The van der Waals surface area contributed by atoms with Gasteiger partial charge in [0, 0.05) is 31.5 Å². The van der Waals surface area contributed by atoms with Crippen LogP contribution in [0.1, 0.15) is 12.0 Å². The van der Waals surface area contributed by atoms with Crippen LogP contribution in [0, 0.1) is 5.92 Å². The molecule has 1 aromatic rings. The summed E-state index contributed by atoms with van der Waals surface area (Å²) < 4.78 is 7.43. The van der Waals surface area contributed by atoms with Crippen molar-refractivity contribution in [1.82, 2.24) is 4.57 Å². The van der Waals surface area contributed by atoms with Gasteiger partial charge in [-0.25, -0.2) is 0 Å². The fourth-order valence-corrected chi connectivity index (χ4v) is 1.72. The number of aliphatic hydroxyl groups excluding tert-OH is 1. The fourth-order valence-electron chi connectivity index (χ4n) is 1.72. The summed E-state index contributed by atoms with van der Waals surface area (Å²) >= 11 is 0. The van der Waals surface area contributed by atoms with Crippen molar-refractivity contribution in [3.8, 4) is 0 Å². The van der Waals surface area contributed by atoms with Gasteiger partial charge in [-0.2, -0.15) is 0 Å². The SMILES string of the molecule is OCc1ccn(CC2CCOC2)c1. The van der Waals surface area contributed by atoms with Gasteiger partial charge in [0.25, 0.3) is 0 Å². The Labute approximate surface area is 77.9 Å². The second kappa shape index (κ2) is 3.94. The number of hydrogen-bond donors (Lipinski definition) is 1. The van der Waals surface area contributed by atoms with E-state index in [4.69, 9.17) is 9.84 Å². The standard InChI is InChI=1S/C10H15NO2/c12-7-9-1-3-11(5-9)6-10-2-4-13-8-10/h1,3,5,10,12H,2,4,6-8H2. The van der Waals surface area contributed by atoms with Crippen molar-refractivity contribution < 1.29 is 9.84 Å². The summed E-state index contributed by atoms with van der Waals surface area (Å²) in [5.74, 6) is 0.652. The Morgan fingerprint density at radius 3 is 3.15 bits per heavy atom. The first-order chi connectivity index (χ1) is 6.38. The predicted molar refractivity (Wildman–Crippen MR) is 49.3 cm³/mol. The Kier molecular flexibility index (Phi) is 2.66. The molecule has 1 saturated heterocycles. The summed E-state index contributed by atoms with van der Waals surface area (Å²) in [5.41, 5.74) is 0.985. The van der Waals surface area contributed by atoms with Crippen LogP contribution in [0.3, 0.4) is 0 Å². The first kappa shape index (κ1) is 8.78. The van der Waals surface area contributed by atoms with Crippen molar-refractivity contribution in [1.29, 1.82) is 0 Å². The Bertz CT molecular complexity index is 264. The third kappa shape index (κ3) is 2.11. The lowest BCUT2D eigenvalue weighted by Gasteiger charge is -2.07. The number of aromatic nitrogens is 1. The third-order valence-corrected chi connectivity index (χ3v) is 2.49. The molecule has 1 aliphatic heterocycles. The van der Waals surface area contributed by atoms with Gasteiger partial charge in [-0.05, 0) is 18.1 Å².